The largest absolute Gasteiger partial charge is 0.507 e. The molecule has 0 radical (unpaired) electrons. The number of fused-ring (bicyclic) bond motifs is 1. The summed E-state index contributed by atoms with van der Waals surface area (Å²) >= 11 is 5.65. The van der Waals surface area contributed by atoms with Gasteiger partial charge in [0.15, 0.2) is 0 Å². The van der Waals surface area contributed by atoms with Gasteiger partial charge in [0, 0.05) is 16.7 Å². The Morgan fingerprint density at radius 1 is 1.05 bits per heavy atom. The van der Waals surface area contributed by atoms with Gasteiger partial charge in [-0.25, -0.2) is 0 Å². The van der Waals surface area contributed by atoms with Gasteiger partial charge in [0.25, 0.3) is 0 Å². The number of halogens is 1. The first-order valence-electron chi connectivity index (χ1n) is 7.14. The fourth-order valence-corrected chi connectivity index (χ4v) is 2.50. The van der Waals surface area contributed by atoms with Gasteiger partial charge in [-0.3, -0.25) is 0 Å². The van der Waals surface area contributed by atoms with E-state index in [0.29, 0.717) is 12.4 Å². The number of aromatic hydroxyl groups is 1. The molecular weight excluding hydrogens is 272 g/mol. The predicted molar refractivity (Wildman–Crippen MR) is 85.0 cm³/mol. The average Bonchev–Trinajstić information content (AvgIpc) is 2.47. The first-order chi connectivity index (χ1) is 9.74. The summed E-state index contributed by atoms with van der Waals surface area (Å²) in [6.07, 6.45) is 4.40. The van der Waals surface area contributed by atoms with Gasteiger partial charge < -0.3 is 9.84 Å². The molecule has 0 atom stereocenters. The minimum absolute atomic E-state index is 0.343. The molecule has 0 saturated heterocycles. The van der Waals surface area contributed by atoms with Crippen molar-refractivity contribution in [2.24, 2.45) is 0 Å². The second-order valence-corrected chi connectivity index (χ2v) is 5.42. The Morgan fingerprint density at radius 3 is 2.50 bits per heavy atom. The highest BCUT2D eigenvalue weighted by Crippen LogP contribution is 2.35. The number of hydrogen-bond acceptors (Lipinski definition) is 2. The van der Waals surface area contributed by atoms with Crippen LogP contribution in [-0.4, -0.2) is 17.6 Å². The molecule has 0 amide bonds. The molecule has 0 spiro atoms. The van der Waals surface area contributed by atoms with Gasteiger partial charge in [-0.2, -0.15) is 0 Å². The maximum absolute atomic E-state index is 10.1. The number of rotatable bonds is 7. The van der Waals surface area contributed by atoms with Crippen LogP contribution in [0.25, 0.3) is 10.8 Å². The lowest BCUT2D eigenvalue weighted by molar-refractivity contribution is 0.308. The second kappa shape index (κ2) is 7.39. The second-order valence-electron chi connectivity index (χ2n) is 5.04. The zero-order valence-electron chi connectivity index (χ0n) is 11.9. The van der Waals surface area contributed by atoms with Crippen LogP contribution in [0, 0.1) is 6.92 Å². The van der Waals surface area contributed by atoms with Gasteiger partial charge in [0.05, 0.1) is 6.61 Å². The third kappa shape index (κ3) is 3.57. The summed E-state index contributed by atoms with van der Waals surface area (Å²) in [7, 11) is 0. The highest BCUT2D eigenvalue weighted by molar-refractivity contribution is 6.17. The number of phenolic OH excluding ortho intramolecular Hbond substituents is 1. The monoisotopic (exact) mass is 292 g/mol. The van der Waals surface area contributed by atoms with Crippen molar-refractivity contribution in [2.75, 3.05) is 12.5 Å². The fourth-order valence-electron chi connectivity index (χ4n) is 2.31. The van der Waals surface area contributed by atoms with Crippen molar-refractivity contribution in [2.45, 2.75) is 32.6 Å². The SMILES string of the molecule is Cc1cc(OCCCCCCCl)c2ccccc2c1O. The van der Waals surface area contributed by atoms with Crippen LogP contribution >= 0.6 is 11.6 Å². The van der Waals surface area contributed by atoms with Crippen molar-refractivity contribution in [3.8, 4) is 11.5 Å². The lowest BCUT2D eigenvalue weighted by atomic mass is 10.0. The zero-order chi connectivity index (χ0) is 14.4. The molecule has 2 nitrogen and oxygen atoms in total. The maximum atomic E-state index is 10.1. The van der Waals surface area contributed by atoms with Gasteiger partial charge in [0.2, 0.25) is 0 Å². The van der Waals surface area contributed by atoms with E-state index in [1.54, 1.807) is 0 Å². The lowest BCUT2D eigenvalue weighted by Gasteiger charge is -2.12. The maximum Gasteiger partial charge on any atom is 0.127 e. The third-order valence-electron chi connectivity index (χ3n) is 3.45. The number of phenols is 1. The van der Waals surface area contributed by atoms with Crippen LogP contribution in [0.1, 0.15) is 31.2 Å². The molecular formula is C17H21ClO2. The topological polar surface area (TPSA) is 29.5 Å². The Hall–Kier alpha value is -1.41. The van der Waals surface area contributed by atoms with Crippen molar-refractivity contribution in [1.29, 1.82) is 0 Å². The van der Waals surface area contributed by atoms with Crippen LogP contribution in [0.5, 0.6) is 11.5 Å². The Morgan fingerprint density at radius 2 is 1.75 bits per heavy atom. The lowest BCUT2D eigenvalue weighted by Crippen LogP contribution is -1.98. The quantitative estimate of drug-likeness (QED) is 0.573. The van der Waals surface area contributed by atoms with Crippen LogP contribution in [-0.2, 0) is 0 Å². The van der Waals surface area contributed by atoms with E-state index in [4.69, 9.17) is 16.3 Å². The fraction of sp³-hybridized carbons (Fsp3) is 0.412. The van der Waals surface area contributed by atoms with Crippen LogP contribution in [0.3, 0.4) is 0 Å². The number of unbranched alkanes of at least 4 members (excludes halogenated alkanes) is 3. The van der Waals surface area contributed by atoms with E-state index < -0.39 is 0 Å². The molecule has 2 aromatic carbocycles. The summed E-state index contributed by atoms with van der Waals surface area (Å²) in [6.45, 7) is 2.60. The molecule has 0 aliphatic heterocycles. The molecule has 20 heavy (non-hydrogen) atoms. The third-order valence-corrected chi connectivity index (χ3v) is 3.72. The van der Waals surface area contributed by atoms with Crippen LogP contribution in [0.4, 0.5) is 0 Å². The number of benzene rings is 2. The van der Waals surface area contributed by atoms with Crippen LogP contribution < -0.4 is 4.74 Å². The number of ether oxygens (including phenoxy) is 1. The van der Waals surface area contributed by atoms with Crippen molar-refractivity contribution in [1.82, 2.24) is 0 Å². The highest BCUT2D eigenvalue weighted by atomic mass is 35.5. The van der Waals surface area contributed by atoms with Crippen molar-refractivity contribution in [3.63, 3.8) is 0 Å². The van der Waals surface area contributed by atoms with E-state index in [0.717, 1.165) is 53.6 Å². The summed E-state index contributed by atoms with van der Waals surface area (Å²) in [5.74, 6) is 1.94. The molecule has 0 aliphatic rings. The summed E-state index contributed by atoms with van der Waals surface area (Å²) in [5.41, 5.74) is 0.848. The summed E-state index contributed by atoms with van der Waals surface area (Å²) in [4.78, 5) is 0. The van der Waals surface area contributed by atoms with Crippen LogP contribution in [0.15, 0.2) is 30.3 Å². The van der Waals surface area contributed by atoms with E-state index in [1.807, 2.05) is 37.3 Å². The predicted octanol–water partition coefficient (Wildman–Crippen LogP) is 5.03. The molecule has 0 fully saturated rings. The van der Waals surface area contributed by atoms with E-state index in [1.165, 1.54) is 0 Å². The molecule has 0 aromatic heterocycles. The molecule has 0 unspecified atom stereocenters. The number of hydrogen-bond donors (Lipinski definition) is 1. The molecule has 2 aromatic rings. The molecule has 0 aliphatic carbocycles. The number of aryl methyl sites for hydroxylation is 1. The Kier molecular flexibility index (Phi) is 5.54. The average molecular weight is 293 g/mol. The first-order valence-corrected chi connectivity index (χ1v) is 7.67. The highest BCUT2D eigenvalue weighted by Gasteiger charge is 2.09. The van der Waals surface area contributed by atoms with Gasteiger partial charge in [-0.1, -0.05) is 37.1 Å². The van der Waals surface area contributed by atoms with Gasteiger partial charge in [-0.05, 0) is 31.4 Å². The molecule has 0 heterocycles. The van der Waals surface area contributed by atoms with Crippen molar-refractivity contribution in [3.05, 3.63) is 35.9 Å². The normalized spacial score (nSPS) is 10.9. The minimum atomic E-state index is 0.343. The Balaban J connectivity index is 2.05. The smallest absolute Gasteiger partial charge is 0.127 e. The van der Waals surface area contributed by atoms with Crippen molar-refractivity contribution >= 4 is 22.4 Å². The minimum Gasteiger partial charge on any atom is -0.507 e. The van der Waals surface area contributed by atoms with Crippen molar-refractivity contribution < 1.29 is 9.84 Å². The number of alkyl halides is 1. The van der Waals surface area contributed by atoms with Crippen LogP contribution in [0.2, 0.25) is 0 Å². The standard InChI is InChI=1S/C17H21ClO2/c1-13-12-16(20-11-7-3-2-6-10-18)14-8-4-5-9-15(14)17(13)19/h4-5,8-9,12,19H,2-3,6-7,10-11H2,1H3. The molecule has 0 bridgehead atoms. The van der Waals surface area contributed by atoms with E-state index in [2.05, 4.69) is 0 Å². The first kappa shape index (κ1) is 15.0. The van der Waals surface area contributed by atoms with Gasteiger partial charge in [-0.15, -0.1) is 11.6 Å². The molecule has 1 N–H and O–H groups in total. The Bertz CT molecular complexity index is 566. The summed E-state index contributed by atoms with van der Waals surface area (Å²) < 4.78 is 5.89. The summed E-state index contributed by atoms with van der Waals surface area (Å²) in [6, 6.07) is 9.71. The molecule has 3 heteroatoms. The van der Waals surface area contributed by atoms with Gasteiger partial charge >= 0.3 is 0 Å². The zero-order valence-corrected chi connectivity index (χ0v) is 12.6. The summed E-state index contributed by atoms with van der Waals surface area (Å²) in [5, 5.41) is 11.9. The Labute approximate surface area is 125 Å². The van der Waals surface area contributed by atoms with E-state index in [-0.39, 0.29) is 0 Å². The molecule has 108 valence electrons. The van der Waals surface area contributed by atoms with E-state index >= 15 is 0 Å². The molecule has 0 saturated carbocycles. The van der Waals surface area contributed by atoms with E-state index in [9.17, 15) is 5.11 Å². The molecule has 2 rings (SSSR count). The van der Waals surface area contributed by atoms with Gasteiger partial charge in [0.1, 0.15) is 11.5 Å².